The molecule has 0 aromatic heterocycles. The Morgan fingerprint density at radius 3 is 2.53 bits per heavy atom. The van der Waals surface area contributed by atoms with Crippen molar-refractivity contribution in [2.24, 2.45) is 5.73 Å². The van der Waals surface area contributed by atoms with Crippen LogP contribution >= 0.6 is 0 Å². The van der Waals surface area contributed by atoms with Crippen LogP contribution in [0.1, 0.15) is 36.5 Å². The molecular weight excluding hydrogens is 242 g/mol. The zero-order valence-electron chi connectivity index (χ0n) is 12.2. The fraction of sp³-hybridized carbons (Fsp3) is 0.600. The average molecular weight is 265 g/mol. The molecule has 106 valence electrons. The Labute approximate surface area is 114 Å². The van der Waals surface area contributed by atoms with Crippen molar-refractivity contribution in [1.82, 2.24) is 0 Å². The van der Waals surface area contributed by atoms with Gasteiger partial charge in [-0.2, -0.15) is 0 Å². The number of nitrogens with two attached hydrogens (primary N) is 1. The molecule has 1 aromatic carbocycles. The molecule has 0 radical (unpaired) electrons. The summed E-state index contributed by atoms with van der Waals surface area (Å²) in [6, 6.07) is 2.12. The highest BCUT2D eigenvalue weighted by atomic mass is 16.5. The molecule has 0 bridgehead atoms. The van der Waals surface area contributed by atoms with Crippen molar-refractivity contribution in [3.63, 3.8) is 0 Å². The molecule has 2 atom stereocenters. The van der Waals surface area contributed by atoms with E-state index < -0.39 is 0 Å². The Hall–Kier alpha value is -1.26. The van der Waals surface area contributed by atoms with Gasteiger partial charge in [-0.05, 0) is 25.3 Å². The van der Waals surface area contributed by atoms with E-state index in [1.807, 2.05) is 6.92 Å². The third-order valence-corrected chi connectivity index (χ3v) is 3.93. The minimum absolute atomic E-state index is 0.0566. The summed E-state index contributed by atoms with van der Waals surface area (Å²) in [6.07, 6.45) is 0.863. The van der Waals surface area contributed by atoms with Crippen molar-refractivity contribution < 1.29 is 14.2 Å². The number of methoxy groups -OCH3 is 2. The Bertz CT molecular complexity index is 457. The van der Waals surface area contributed by atoms with Gasteiger partial charge in [0.05, 0.1) is 27.4 Å². The summed E-state index contributed by atoms with van der Waals surface area (Å²) in [5.41, 5.74) is 9.43. The third-order valence-electron chi connectivity index (χ3n) is 3.93. The highest BCUT2D eigenvalue weighted by molar-refractivity contribution is 5.55. The van der Waals surface area contributed by atoms with Gasteiger partial charge in [0.1, 0.15) is 11.5 Å². The van der Waals surface area contributed by atoms with Crippen LogP contribution in [0, 0.1) is 0 Å². The maximum atomic E-state index is 6.03. The molecule has 0 amide bonds. The fourth-order valence-electron chi connectivity index (χ4n) is 2.57. The Kier molecular flexibility index (Phi) is 4.32. The van der Waals surface area contributed by atoms with Crippen molar-refractivity contribution in [3.05, 3.63) is 22.8 Å². The largest absolute Gasteiger partial charge is 0.496 e. The summed E-state index contributed by atoms with van der Waals surface area (Å²) in [7, 11) is 3.41. The first-order valence-electron chi connectivity index (χ1n) is 6.70. The molecule has 1 aliphatic rings. The number of hydrogen-bond donors (Lipinski definition) is 1. The van der Waals surface area contributed by atoms with E-state index in [9.17, 15) is 0 Å². The fourth-order valence-corrected chi connectivity index (χ4v) is 2.57. The lowest BCUT2D eigenvalue weighted by Gasteiger charge is -2.27. The maximum Gasteiger partial charge on any atom is 0.128 e. The van der Waals surface area contributed by atoms with Crippen LogP contribution < -0.4 is 15.2 Å². The van der Waals surface area contributed by atoms with Crippen molar-refractivity contribution >= 4 is 0 Å². The average Bonchev–Trinajstić information content (AvgIpc) is 2.44. The first-order valence-corrected chi connectivity index (χ1v) is 6.70. The zero-order valence-corrected chi connectivity index (χ0v) is 12.2. The first-order chi connectivity index (χ1) is 9.10. The highest BCUT2D eigenvalue weighted by Gasteiger charge is 2.25. The minimum atomic E-state index is 0.0566. The van der Waals surface area contributed by atoms with Gasteiger partial charge in [-0.15, -0.1) is 0 Å². The number of rotatable bonds is 4. The molecule has 0 saturated heterocycles. The Balaban J connectivity index is 2.60. The molecule has 1 aliphatic heterocycles. The van der Waals surface area contributed by atoms with Crippen molar-refractivity contribution in [3.8, 4) is 11.5 Å². The van der Waals surface area contributed by atoms with E-state index in [0.717, 1.165) is 35.7 Å². The van der Waals surface area contributed by atoms with Crippen LogP contribution in [0.25, 0.3) is 0 Å². The van der Waals surface area contributed by atoms with Crippen LogP contribution in [-0.4, -0.2) is 26.9 Å². The lowest BCUT2D eigenvalue weighted by molar-refractivity contribution is 0.107. The third kappa shape index (κ3) is 2.55. The van der Waals surface area contributed by atoms with Crippen molar-refractivity contribution in [2.75, 3.05) is 20.8 Å². The normalized spacial score (nSPS) is 17.5. The van der Waals surface area contributed by atoms with E-state index in [1.165, 1.54) is 5.56 Å². The van der Waals surface area contributed by atoms with Gasteiger partial charge in [-0.3, -0.25) is 0 Å². The van der Waals surface area contributed by atoms with E-state index in [1.54, 1.807) is 14.2 Å². The summed E-state index contributed by atoms with van der Waals surface area (Å²) < 4.78 is 16.7. The molecule has 0 spiro atoms. The van der Waals surface area contributed by atoms with E-state index in [4.69, 9.17) is 19.9 Å². The van der Waals surface area contributed by atoms with E-state index >= 15 is 0 Å². The molecule has 4 nitrogen and oxygen atoms in total. The Morgan fingerprint density at radius 2 is 1.95 bits per heavy atom. The van der Waals surface area contributed by atoms with Gasteiger partial charge in [0.25, 0.3) is 0 Å². The number of benzene rings is 1. The number of fused-ring (bicyclic) bond motifs is 1. The standard InChI is InChI=1S/C15H23NO3/c1-9(10(2)16)12-7-14(17-3)11-5-6-19-8-13(11)15(12)18-4/h7,9-10H,5-6,8,16H2,1-4H3/t9-,10+/m1/s1. The molecule has 0 fully saturated rings. The van der Waals surface area contributed by atoms with Crippen LogP contribution in [0.4, 0.5) is 0 Å². The number of hydrogen-bond acceptors (Lipinski definition) is 4. The zero-order chi connectivity index (χ0) is 14.0. The smallest absolute Gasteiger partial charge is 0.128 e. The molecule has 0 aliphatic carbocycles. The second kappa shape index (κ2) is 5.80. The quantitative estimate of drug-likeness (QED) is 0.907. The maximum absolute atomic E-state index is 6.03. The summed E-state index contributed by atoms with van der Waals surface area (Å²) in [5.74, 6) is 2.03. The van der Waals surface area contributed by atoms with Crippen LogP contribution in [0.15, 0.2) is 6.07 Å². The molecule has 0 saturated carbocycles. The van der Waals surface area contributed by atoms with Crippen LogP contribution in [-0.2, 0) is 17.8 Å². The topological polar surface area (TPSA) is 53.7 Å². The molecule has 2 N–H and O–H groups in total. The molecule has 1 heterocycles. The van der Waals surface area contributed by atoms with Crippen molar-refractivity contribution in [1.29, 1.82) is 0 Å². The summed E-state index contributed by atoms with van der Waals surface area (Å²) >= 11 is 0. The minimum Gasteiger partial charge on any atom is -0.496 e. The second-order valence-electron chi connectivity index (χ2n) is 5.11. The summed E-state index contributed by atoms with van der Waals surface area (Å²) in [5, 5.41) is 0. The second-order valence-corrected chi connectivity index (χ2v) is 5.11. The molecule has 1 aromatic rings. The van der Waals surface area contributed by atoms with Crippen molar-refractivity contribution in [2.45, 2.75) is 38.8 Å². The van der Waals surface area contributed by atoms with Gasteiger partial charge in [0.2, 0.25) is 0 Å². The molecular formula is C15H23NO3. The monoisotopic (exact) mass is 265 g/mol. The van der Waals surface area contributed by atoms with Crippen LogP contribution in [0.5, 0.6) is 11.5 Å². The van der Waals surface area contributed by atoms with Crippen LogP contribution in [0.2, 0.25) is 0 Å². The van der Waals surface area contributed by atoms with E-state index in [0.29, 0.717) is 6.61 Å². The van der Waals surface area contributed by atoms with Gasteiger partial charge in [0, 0.05) is 22.7 Å². The molecule has 2 rings (SSSR count). The van der Waals surface area contributed by atoms with E-state index in [-0.39, 0.29) is 12.0 Å². The highest BCUT2D eigenvalue weighted by Crippen LogP contribution is 2.40. The summed E-state index contributed by atoms with van der Waals surface area (Å²) in [4.78, 5) is 0. The SMILES string of the molecule is COc1cc([C@H](C)[C@H](C)N)c(OC)c2c1CCOC2. The van der Waals surface area contributed by atoms with Gasteiger partial charge in [-0.1, -0.05) is 6.92 Å². The lowest BCUT2D eigenvalue weighted by Crippen LogP contribution is -2.24. The van der Waals surface area contributed by atoms with Gasteiger partial charge >= 0.3 is 0 Å². The van der Waals surface area contributed by atoms with Gasteiger partial charge in [0.15, 0.2) is 0 Å². The van der Waals surface area contributed by atoms with Gasteiger partial charge in [-0.25, -0.2) is 0 Å². The van der Waals surface area contributed by atoms with E-state index in [2.05, 4.69) is 13.0 Å². The predicted octanol–water partition coefficient (Wildman–Crippen LogP) is 2.23. The lowest BCUT2D eigenvalue weighted by atomic mass is 9.88. The summed E-state index contributed by atoms with van der Waals surface area (Å²) in [6.45, 7) is 5.42. The predicted molar refractivity (Wildman–Crippen MR) is 75.0 cm³/mol. The molecule has 4 heteroatoms. The molecule has 19 heavy (non-hydrogen) atoms. The van der Waals surface area contributed by atoms with Gasteiger partial charge < -0.3 is 19.9 Å². The number of ether oxygens (including phenoxy) is 3. The molecule has 0 unspecified atom stereocenters. The Morgan fingerprint density at radius 1 is 1.21 bits per heavy atom. The van der Waals surface area contributed by atoms with Crippen LogP contribution in [0.3, 0.4) is 0 Å². The first kappa shape index (κ1) is 14.2.